The predicted molar refractivity (Wildman–Crippen MR) is 78.0 cm³/mol. The van der Waals surface area contributed by atoms with Crippen molar-refractivity contribution in [2.45, 2.75) is 13.0 Å². The number of nitro groups is 1. The predicted octanol–water partition coefficient (Wildman–Crippen LogP) is 1.77. The van der Waals surface area contributed by atoms with E-state index in [0.29, 0.717) is 11.5 Å². The molecule has 0 saturated heterocycles. The van der Waals surface area contributed by atoms with Crippen molar-refractivity contribution in [2.24, 2.45) is 7.05 Å². The molecular weight excluding hydrogens is 274 g/mol. The highest BCUT2D eigenvalue weighted by atomic mass is 16.6. The minimum absolute atomic E-state index is 0.0207. The first-order valence-corrected chi connectivity index (χ1v) is 6.27. The minimum atomic E-state index is -0.491. The molecular formula is C13H15N5O3. The molecule has 0 bridgehead atoms. The number of hydrogen-bond acceptors (Lipinski definition) is 5. The highest BCUT2D eigenvalue weighted by Crippen LogP contribution is 2.15. The van der Waals surface area contributed by atoms with Gasteiger partial charge < -0.3 is 10.6 Å². The largest absolute Gasteiger partial charge is 0.357 e. The SMILES string of the molecule is CC(Nc1ccn(C)n1)C(=O)Nc1ccc([N+](=O)[O-])cc1. The normalized spacial score (nSPS) is 11.7. The molecule has 21 heavy (non-hydrogen) atoms. The number of non-ortho nitro benzene ring substituents is 1. The fourth-order valence-corrected chi connectivity index (χ4v) is 1.70. The molecule has 1 amide bonds. The number of amides is 1. The van der Waals surface area contributed by atoms with Gasteiger partial charge in [0, 0.05) is 37.1 Å². The summed E-state index contributed by atoms with van der Waals surface area (Å²) in [6.07, 6.45) is 1.77. The van der Waals surface area contributed by atoms with Gasteiger partial charge in [0.25, 0.3) is 5.69 Å². The van der Waals surface area contributed by atoms with Crippen LogP contribution in [0.25, 0.3) is 0 Å². The average molecular weight is 289 g/mol. The van der Waals surface area contributed by atoms with Crippen LogP contribution in [-0.4, -0.2) is 26.7 Å². The van der Waals surface area contributed by atoms with Crippen LogP contribution in [0.4, 0.5) is 17.2 Å². The quantitative estimate of drug-likeness (QED) is 0.645. The second kappa shape index (κ2) is 6.04. The molecule has 0 aliphatic carbocycles. The molecule has 0 spiro atoms. The van der Waals surface area contributed by atoms with Crippen LogP contribution in [-0.2, 0) is 11.8 Å². The Morgan fingerprint density at radius 1 is 1.33 bits per heavy atom. The number of aryl methyl sites for hydroxylation is 1. The summed E-state index contributed by atoms with van der Waals surface area (Å²) in [5, 5.41) is 20.3. The van der Waals surface area contributed by atoms with Crippen molar-refractivity contribution >= 4 is 23.1 Å². The van der Waals surface area contributed by atoms with Gasteiger partial charge in [-0.25, -0.2) is 0 Å². The fourth-order valence-electron chi connectivity index (χ4n) is 1.70. The lowest BCUT2D eigenvalue weighted by atomic mass is 10.2. The van der Waals surface area contributed by atoms with Gasteiger partial charge in [-0.05, 0) is 19.1 Å². The van der Waals surface area contributed by atoms with E-state index in [1.165, 1.54) is 24.3 Å². The van der Waals surface area contributed by atoms with E-state index in [4.69, 9.17) is 0 Å². The van der Waals surface area contributed by atoms with E-state index >= 15 is 0 Å². The van der Waals surface area contributed by atoms with Gasteiger partial charge in [0.05, 0.1) is 4.92 Å². The molecule has 1 aromatic heterocycles. The first-order chi connectivity index (χ1) is 9.95. The third-order valence-corrected chi connectivity index (χ3v) is 2.82. The van der Waals surface area contributed by atoms with Gasteiger partial charge >= 0.3 is 0 Å². The molecule has 1 atom stereocenters. The van der Waals surface area contributed by atoms with E-state index in [0.717, 1.165) is 0 Å². The van der Waals surface area contributed by atoms with Crippen LogP contribution >= 0.6 is 0 Å². The van der Waals surface area contributed by atoms with Crippen molar-refractivity contribution in [2.75, 3.05) is 10.6 Å². The van der Waals surface area contributed by atoms with Gasteiger partial charge in [-0.1, -0.05) is 0 Å². The number of nitrogens with zero attached hydrogens (tertiary/aromatic N) is 3. The van der Waals surface area contributed by atoms with Gasteiger partial charge in [-0.15, -0.1) is 0 Å². The molecule has 0 radical (unpaired) electrons. The van der Waals surface area contributed by atoms with Gasteiger partial charge in [-0.3, -0.25) is 19.6 Å². The van der Waals surface area contributed by atoms with Crippen molar-refractivity contribution in [1.29, 1.82) is 0 Å². The molecule has 1 heterocycles. The van der Waals surface area contributed by atoms with Crippen LogP contribution in [0.3, 0.4) is 0 Å². The van der Waals surface area contributed by atoms with Gasteiger partial charge in [-0.2, -0.15) is 5.10 Å². The number of carbonyl (C=O) groups is 1. The molecule has 1 aromatic carbocycles. The highest BCUT2D eigenvalue weighted by molar-refractivity contribution is 5.96. The molecule has 0 aliphatic rings. The monoisotopic (exact) mass is 289 g/mol. The molecule has 2 rings (SSSR count). The summed E-state index contributed by atoms with van der Waals surface area (Å²) in [5.74, 6) is 0.346. The lowest BCUT2D eigenvalue weighted by molar-refractivity contribution is -0.384. The summed E-state index contributed by atoms with van der Waals surface area (Å²) in [5.41, 5.74) is 0.480. The summed E-state index contributed by atoms with van der Waals surface area (Å²) in [6.45, 7) is 1.70. The Kier molecular flexibility index (Phi) is 4.17. The Hall–Kier alpha value is -2.90. The van der Waals surface area contributed by atoms with Gasteiger partial charge in [0.2, 0.25) is 5.91 Å². The zero-order valence-corrected chi connectivity index (χ0v) is 11.6. The first kappa shape index (κ1) is 14.5. The topological polar surface area (TPSA) is 102 Å². The number of aromatic nitrogens is 2. The van der Waals surface area contributed by atoms with Crippen LogP contribution in [0.15, 0.2) is 36.5 Å². The van der Waals surface area contributed by atoms with Crippen molar-refractivity contribution in [3.8, 4) is 0 Å². The lowest BCUT2D eigenvalue weighted by Crippen LogP contribution is -2.32. The maximum atomic E-state index is 12.0. The molecule has 1 unspecified atom stereocenters. The molecule has 8 heteroatoms. The number of benzene rings is 1. The summed E-state index contributed by atoms with van der Waals surface area (Å²) >= 11 is 0. The Morgan fingerprint density at radius 2 is 2.00 bits per heavy atom. The van der Waals surface area contributed by atoms with Crippen LogP contribution in [0, 0.1) is 10.1 Å². The fraction of sp³-hybridized carbons (Fsp3) is 0.231. The number of anilines is 2. The smallest absolute Gasteiger partial charge is 0.269 e. The molecule has 2 aromatic rings. The number of nitro benzene ring substituents is 1. The van der Waals surface area contributed by atoms with Gasteiger partial charge in [0.1, 0.15) is 11.9 Å². The van der Waals surface area contributed by atoms with Crippen LogP contribution in [0.2, 0.25) is 0 Å². The summed E-state index contributed by atoms with van der Waals surface area (Å²) in [7, 11) is 1.78. The number of rotatable bonds is 5. The van der Waals surface area contributed by atoms with E-state index in [1.54, 1.807) is 30.9 Å². The number of hydrogen-bond donors (Lipinski definition) is 2. The zero-order chi connectivity index (χ0) is 15.4. The second-order valence-electron chi connectivity index (χ2n) is 4.53. The van der Waals surface area contributed by atoms with Crippen molar-refractivity contribution in [3.63, 3.8) is 0 Å². The maximum absolute atomic E-state index is 12.0. The maximum Gasteiger partial charge on any atom is 0.269 e. The molecule has 0 fully saturated rings. The zero-order valence-electron chi connectivity index (χ0n) is 11.6. The van der Waals surface area contributed by atoms with Crippen molar-refractivity contribution in [1.82, 2.24) is 9.78 Å². The van der Waals surface area contributed by atoms with Crippen molar-refractivity contribution in [3.05, 3.63) is 46.6 Å². The third-order valence-electron chi connectivity index (χ3n) is 2.82. The molecule has 8 nitrogen and oxygen atoms in total. The number of nitrogens with one attached hydrogen (secondary N) is 2. The Bertz CT molecular complexity index is 650. The van der Waals surface area contributed by atoms with E-state index < -0.39 is 11.0 Å². The number of carbonyl (C=O) groups excluding carboxylic acids is 1. The summed E-state index contributed by atoms with van der Waals surface area (Å²) < 4.78 is 1.63. The molecule has 0 saturated carbocycles. The van der Waals surface area contributed by atoms with Gasteiger partial charge in [0.15, 0.2) is 0 Å². The molecule has 2 N–H and O–H groups in total. The van der Waals surface area contributed by atoms with Crippen LogP contribution < -0.4 is 10.6 Å². The van der Waals surface area contributed by atoms with E-state index in [-0.39, 0.29) is 11.6 Å². The molecule has 0 aliphatic heterocycles. The van der Waals surface area contributed by atoms with Crippen LogP contribution in [0.1, 0.15) is 6.92 Å². The minimum Gasteiger partial charge on any atom is -0.357 e. The first-order valence-electron chi connectivity index (χ1n) is 6.27. The summed E-state index contributed by atoms with van der Waals surface area (Å²) in [4.78, 5) is 22.1. The average Bonchev–Trinajstić information content (AvgIpc) is 2.84. The van der Waals surface area contributed by atoms with E-state index in [1.807, 2.05) is 0 Å². The Balaban J connectivity index is 1.95. The molecule has 110 valence electrons. The second-order valence-corrected chi connectivity index (χ2v) is 4.53. The summed E-state index contributed by atoms with van der Waals surface area (Å²) in [6, 6.07) is 6.93. The highest BCUT2D eigenvalue weighted by Gasteiger charge is 2.14. The Labute approximate surface area is 120 Å². The van der Waals surface area contributed by atoms with Crippen LogP contribution in [0.5, 0.6) is 0 Å². The third kappa shape index (κ3) is 3.78. The standard InChI is InChI=1S/C13H15N5O3/c1-9(14-12-7-8-17(2)16-12)13(19)15-10-3-5-11(6-4-10)18(20)21/h3-9H,1-2H3,(H,14,16)(H,15,19). The van der Waals surface area contributed by atoms with E-state index in [9.17, 15) is 14.9 Å². The lowest BCUT2D eigenvalue weighted by Gasteiger charge is -2.13. The van der Waals surface area contributed by atoms with E-state index in [2.05, 4.69) is 15.7 Å². The Morgan fingerprint density at radius 3 is 2.52 bits per heavy atom. The van der Waals surface area contributed by atoms with Crippen molar-refractivity contribution < 1.29 is 9.72 Å².